The van der Waals surface area contributed by atoms with Crippen molar-refractivity contribution in [3.63, 3.8) is 0 Å². The minimum absolute atomic E-state index is 0. The Balaban J connectivity index is 0.00000341. The molecular weight excluding hydrogens is 501 g/mol. The largest absolute Gasteiger partial charge is 0.356 e. The first-order valence-electron chi connectivity index (χ1n) is 10.8. The second kappa shape index (κ2) is 12.7. The molecule has 0 aromatic heterocycles. The molecule has 2 unspecified atom stereocenters. The quantitative estimate of drug-likeness (QED) is 0.272. The molecule has 1 aliphatic rings. The fourth-order valence-electron chi connectivity index (χ4n) is 4.12. The number of benzene rings is 2. The highest BCUT2D eigenvalue weighted by Crippen LogP contribution is 2.31. The topological polar surface area (TPSA) is 68.8 Å². The monoisotopic (exact) mass is 535 g/mol. The third-order valence-electron chi connectivity index (χ3n) is 5.75. The van der Waals surface area contributed by atoms with E-state index < -0.39 is 0 Å². The summed E-state index contributed by atoms with van der Waals surface area (Å²) in [6, 6.07) is 18.9. The number of likely N-dealkylation sites (N-methyl/N-ethyl adjacent to an activating group) is 1. The number of fused-ring (bicyclic) bond motifs is 1. The predicted octanol–water partition coefficient (Wildman–Crippen LogP) is 3.98. The van der Waals surface area contributed by atoms with Crippen LogP contribution in [0.15, 0.2) is 59.6 Å². The van der Waals surface area contributed by atoms with Gasteiger partial charge in [0.2, 0.25) is 5.91 Å². The van der Waals surface area contributed by atoms with Crippen LogP contribution in [0.2, 0.25) is 0 Å². The maximum Gasteiger partial charge on any atom is 0.225 e. The van der Waals surface area contributed by atoms with Gasteiger partial charge >= 0.3 is 0 Å². The number of anilines is 1. The zero-order valence-corrected chi connectivity index (χ0v) is 20.9. The van der Waals surface area contributed by atoms with Gasteiger partial charge in [-0.3, -0.25) is 14.7 Å². The zero-order chi connectivity index (χ0) is 21.3. The summed E-state index contributed by atoms with van der Waals surface area (Å²) in [5, 5.41) is 9.87. The van der Waals surface area contributed by atoms with Gasteiger partial charge in [-0.05, 0) is 30.3 Å². The molecule has 1 amide bonds. The SMILES string of the molecule is CCN(CC)C(CNC(=NC)NCC1CC(=O)Nc2ccccc21)c1ccccc1.I. The van der Waals surface area contributed by atoms with Crippen molar-refractivity contribution < 1.29 is 4.79 Å². The highest BCUT2D eigenvalue weighted by molar-refractivity contribution is 14.0. The van der Waals surface area contributed by atoms with Gasteiger partial charge in [0.05, 0.1) is 6.04 Å². The average Bonchev–Trinajstić information content (AvgIpc) is 2.78. The number of carbonyl (C=O) groups excluding carboxylic acids is 1. The van der Waals surface area contributed by atoms with Gasteiger partial charge in [-0.15, -0.1) is 24.0 Å². The smallest absolute Gasteiger partial charge is 0.225 e. The molecule has 31 heavy (non-hydrogen) atoms. The second-order valence-electron chi connectivity index (χ2n) is 7.52. The summed E-state index contributed by atoms with van der Waals surface area (Å²) in [5.41, 5.74) is 3.38. The third kappa shape index (κ3) is 6.67. The summed E-state index contributed by atoms with van der Waals surface area (Å²) in [5.74, 6) is 0.946. The summed E-state index contributed by atoms with van der Waals surface area (Å²) in [6.07, 6.45) is 0.479. The Bertz CT molecular complexity index is 854. The number of nitrogens with one attached hydrogen (secondary N) is 3. The lowest BCUT2D eigenvalue weighted by molar-refractivity contribution is -0.116. The number of halogens is 1. The molecule has 2 aromatic carbocycles. The molecule has 3 N–H and O–H groups in total. The molecule has 6 nitrogen and oxygen atoms in total. The standard InChI is InChI=1S/C24H33N5O.HI/c1-4-29(5-2)22(18-11-7-6-8-12-18)17-27-24(25-3)26-16-19-15-23(30)28-21-14-10-9-13-20(19)21;/h6-14,19,22H,4-5,15-17H2,1-3H3,(H,28,30)(H2,25,26,27);1H. The fraction of sp³-hybridized carbons (Fsp3) is 0.417. The molecule has 3 rings (SSSR count). The lowest BCUT2D eigenvalue weighted by Gasteiger charge is -2.31. The van der Waals surface area contributed by atoms with Crippen molar-refractivity contribution in [2.24, 2.45) is 4.99 Å². The van der Waals surface area contributed by atoms with Crippen LogP contribution in [0.1, 0.15) is 43.4 Å². The lowest BCUT2D eigenvalue weighted by Crippen LogP contribution is -2.44. The minimum Gasteiger partial charge on any atom is -0.356 e. The Labute approximate surface area is 202 Å². The molecule has 0 saturated carbocycles. The minimum atomic E-state index is 0. The van der Waals surface area contributed by atoms with Crippen LogP contribution in [-0.4, -0.2) is 50.0 Å². The Kier molecular flexibility index (Phi) is 10.3. The van der Waals surface area contributed by atoms with Gasteiger partial charge < -0.3 is 16.0 Å². The molecule has 1 aliphatic heterocycles. The summed E-state index contributed by atoms with van der Waals surface area (Å²) in [7, 11) is 1.78. The second-order valence-corrected chi connectivity index (χ2v) is 7.52. The van der Waals surface area contributed by atoms with Crippen molar-refractivity contribution >= 4 is 41.5 Å². The Morgan fingerprint density at radius 2 is 1.77 bits per heavy atom. The molecule has 0 radical (unpaired) electrons. The molecule has 0 saturated heterocycles. The Hall–Kier alpha value is -2.13. The van der Waals surface area contributed by atoms with E-state index in [0.717, 1.165) is 31.3 Å². The van der Waals surface area contributed by atoms with Gasteiger partial charge in [0, 0.05) is 38.2 Å². The van der Waals surface area contributed by atoms with E-state index in [1.54, 1.807) is 7.05 Å². The van der Waals surface area contributed by atoms with Crippen LogP contribution in [0, 0.1) is 0 Å². The molecule has 2 atom stereocenters. The van der Waals surface area contributed by atoms with Gasteiger partial charge in [0.1, 0.15) is 0 Å². The van der Waals surface area contributed by atoms with E-state index in [1.165, 1.54) is 11.1 Å². The molecule has 168 valence electrons. The first kappa shape index (κ1) is 25.1. The number of nitrogens with zero attached hydrogens (tertiary/aromatic N) is 2. The molecule has 0 bridgehead atoms. The molecular formula is C24H34IN5O. The van der Waals surface area contributed by atoms with Crippen LogP contribution in [0.4, 0.5) is 5.69 Å². The van der Waals surface area contributed by atoms with Crippen molar-refractivity contribution in [3.8, 4) is 0 Å². The predicted molar refractivity (Wildman–Crippen MR) is 139 cm³/mol. The van der Waals surface area contributed by atoms with Crippen molar-refractivity contribution in [2.75, 3.05) is 38.5 Å². The number of para-hydroxylation sites is 1. The Morgan fingerprint density at radius 1 is 1.10 bits per heavy atom. The van der Waals surface area contributed by atoms with E-state index in [2.05, 4.69) is 76.1 Å². The maximum absolute atomic E-state index is 12.1. The molecule has 7 heteroatoms. The lowest BCUT2D eigenvalue weighted by atomic mass is 9.90. The first-order valence-corrected chi connectivity index (χ1v) is 10.8. The molecule has 1 heterocycles. The first-order chi connectivity index (χ1) is 14.7. The van der Waals surface area contributed by atoms with Gasteiger partial charge in [-0.25, -0.2) is 0 Å². The van der Waals surface area contributed by atoms with E-state index in [9.17, 15) is 4.79 Å². The molecule has 0 fully saturated rings. The highest BCUT2D eigenvalue weighted by Gasteiger charge is 2.25. The van der Waals surface area contributed by atoms with E-state index in [0.29, 0.717) is 13.0 Å². The highest BCUT2D eigenvalue weighted by atomic mass is 127. The number of guanidine groups is 1. The van der Waals surface area contributed by atoms with Crippen molar-refractivity contribution in [2.45, 2.75) is 32.2 Å². The summed E-state index contributed by atoms with van der Waals surface area (Å²) in [6.45, 7) is 7.77. The number of hydrogen-bond donors (Lipinski definition) is 3. The van der Waals surface area contributed by atoms with Crippen molar-refractivity contribution in [1.29, 1.82) is 0 Å². The number of rotatable bonds is 8. The summed E-state index contributed by atoms with van der Waals surface area (Å²) < 4.78 is 0. The number of amides is 1. The van der Waals surface area contributed by atoms with Crippen LogP contribution in [0.3, 0.4) is 0 Å². The zero-order valence-electron chi connectivity index (χ0n) is 18.6. The van der Waals surface area contributed by atoms with Crippen LogP contribution in [0.5, 0.6) is 0 Å². The van der Waals surface area contributed by atoms with Crippen LogP contribution in [-0.2, 0) is 4.79 Å². The van der Waals surface area contributed by atoms with Gasteiger partial charge in [-0.1, -0.05) is 62.4 Å². The van der Waals surface area contributed by atoms with E-state index in [4.69, 9.17) is 0 Å². The normalized spacial score (nSPS) is 16.7. The van der Waals surface area contributed by atoms with Crippen molar-refractivity contribution in [3.05, 3.63) is 65.7 Å². The van der Waals surface area contributed by atoms with Crippen LogP contribution < -0.4 is 16.0 Å². The third-order valence-corrected chi connectivity index (χ3v) is 5.75. The van der Waals surface area contributed by atoms with Crippen LogP contribution >= 0.6 is 24.0 Å². The van der Waals surface area contributed by atoms with Gasteiger partial charge in [0.25, 0.3) is 0 Å². The van der Waals surface area contributed by atoms with E-state index in [1.807, 2.05) is 18.2 Å². The molecule has 0 aliphatic carbocycles. The summed E-state index contributed by atoms with van der Waals surface area (Å²) in [4.78, 5) is 18.9. The van der Waals surface area contributed by atoms with Gasteiger partial charge in [0.15, 0.2) is 5.96 Å². The van der Waals surface area contributed by atoms with Gasteiger partial charge in [-0.2, -0.15) is 0 Å². The number of aliphatic imine (C=N–C) groups is 1. The molecule has 2 aromatic rings. The number of hydrogen-bond acceptors (Lipinski definition) is 3. The van der Waals surface area contributed by atoms with E-state index >= 15 is 0 Å². The maximum atomic E-state index is 12.1. The van der Waals surface area contributed by atoms with Crippen molar-refractivity contribution in [1.82, 2.24) is 15.5 Å². The average molecular weight is 535 g/mol. The fourth-order valence-corrected chi connectivity index (χ4v) is 4.12. The number of carbonyl (C=O) groups is 1. The Morgan fingerprint density at radius 3 is 2.45 bits per heavy atom. The molecule has 0 spiro atoms. The summed E-state index contributed by atoms with van der Waals surface area (Å²) >= 11 is 0. The van der Waals surface area contributed by atoms with E-state index in [-0.39, 0.29) is 41.8 Å². The van der Waals surface area contributed by atoms with Crippen LogP contribution in [0.25, 0.3) is 0 Å².